The van der Waals surface area contributed by atoms with Gasteiger partial charge in [0.2, 0.25) is 5.88 Å². The Morgan fingerprint density at radius 2 is 2.28 bits per heavy atom. The molecule has 0 bridgehead atoms. The lowest BCUT2D eigenvalue weighted by atomic mass is 10.3. The summed E-state index contributed by atoms with van der Waals surface area (Å²) in [5, 5.41) is 0. The summed E-state index contributed by atoms with van der Waals surface area (Å²) in [6.45, 7) is 2.48. The van der Waals surface area contributed by atoms with Crippen molar-refractivity contribution in [3.05, 3.63) is 18.3 Å². The van der Waals surface area contributed by atoms with Crippen LogP contribution in [0.4, 0.5) is 5.69 Å². The third kappa shape index (κ3) is 2.73. The van der Waals surface area contributed by atoms with E-state index in [0.29, 0.717) is 18.1 Å². The van der Waals surface area contributed by atoms with Crippen LogP contribution >= 0.6 is 0 Å². The van der Waals surface area contributed by atoms with E-state index in [9.17, 15) is 8.42 Å². The van der Waals surface area contributed by atoms with E-state index in [1.54, 1.807) is 12.1 Å². The zero-order chi connectivity index (χ0) is 13.2. The fourth-order valence-corrected chi connectivity index (χ4v) is 3.52. The van der Waals surface area contributed by atoms with Crippen LogP contribution < -0.4 is 9.46 Å². The molecule has 1 aromatic rings. The molecule has 0 aromatic carbocycles. The van der Waals surface area contributed by atoms with Gasteiger partial charge in [0, 0.05) is 18.7 Å². The van der Waals surface area contributed by atoms with Crippen molar-refractivity contribution in [3.8, 4) is 5.88 Å². The molecule has 1 aromatic heterocycles. The maximum atomic E-state index is 12.1. The minimum Gasteiger partial charge on any atom is -0.481 e. The molecular formula is C11H17N3O3S. The van der Waals surface area contributed by atoms with Gasteiger partial charge in [0.15, 0.2) is 0 Å². The normalized spacial score (nSPS) is 20.9. The van der Waals surface area contributed by atoms with Gasteiger partial charge in [-0.1, -0.05) is 0 Å². The van der Waals surface area contributed by atoms with Crippen LogP contribution in [0.25, 0.3) is 0 Å². The molecule has 0 amide bonds. The van der Waals surface area contributed by atoms with Crippen LogP contribution in [0, 0.1) is 0 Å². The van der Waals surface area contributed by atoms with E-state index in [-0.39, 0.29) is 6.04 Å². The molecule has 0 aliphatic carbocycles. The van der Waals surface area contributed by atoms with Gasteiger partial charge in [0.1, 0.15) is 0 Å². The van der Waals surface area contributed by atoms with Crippen LogP contribution in [-0.4, -0.2) is 37.4 Å². The molecule has 1 N–H and O–H groups in total. The average Bonchev–Trinajstić information content (AvgIpc) is 2.77. The van der Waals surface area contributed by atoms with E-state index >= 15 is 0 Å². The summed E-state index contributed by atoms with van der Waals surface area (Å²) in [4.78, 5) is 3.96. The topological polar surface area (TPSA) is 71.5 Å². The van der Waals surface area contributed by atoms with Gasteiger partial charge in [0.05, 0.1) is 19.0 Å². The highest BCUT2D eigenvalue weighted by atomic mass is 32.2. The Kier molecular flexibility index (Phi) is 3.72. The Balaban J connectivity index is 2.11. The Morgan fingerprint density at radius 1 is 1.50 bits per heavy atom. The summed E-state index contributed by atoms with van der Waals surface area (Å²) in [5.41, 5.74) is 0.440. The molecular weight excluding hydrogens is 254 g/mol. The molecule has 0 spiro atoms. The Bertz CT molecular complexity index is 501. The quantitative estimate of drug-likeness (QED) is 0.894. The zero-order valence-electron chi connectivity index (χ0n) is 10.5. The minimum atomic E-state index is -3.48. The number of pyridine rings is 1. The van der Waals surface area contributed by atoms with Crippen molar-refractivity contribution >= 4 is 15.9 Å². The SMILES string of the molecule is COc1ccc(NS(=O)(=O)N2CCCC2C)cn1. The highest BCUT2D eigenvalue weighted by Gasteiger charge is 2.31. The van der Waals surface area contributed by atoms with Gasteiger partial charge < -0.3 is 4.74 Å². The number of anilines is 1. The Morgan fingerprint density at radius 3 is 2.78 bits per heavy atom. The number of hydrogen-bond donors (Lipinski definition) is 1. The predicted molar refractivity (Wildman–Crippen MR) is 68.7 cm³/mol. The zero-order valence-corrected chi connectivity index (χ0v) is 11.3. The Labute approximate surface area is 107 Å². The van der Waals surface area contributed by atoms with E-state index in [1.807, 2.05) is 6.92 Å². The van der Waals surface area contributed by atoms with Crippen LogP contribution in [0.3, 0.4) is 0 Å². The highest BCUT2D eigenvalue weighted by Crippen LogP contribution is 2.22. The molecule has 2 rings (SSSR count). The van der Waals surface area contributed by atoms with E-state index < -0.39 is 10.2 Å². The van der Waals surface area contributed by atoms with Crippen molar-refractivity contribution in [2.75, 3.05) is 18.4 Å². The third-order valence-electron chi connectivity index (χ3n) is 2.99. The monoisotopic (exact) mass is 271 g/mol. The second-order valence-electron chi connectivity index (χ2n) is 4.30. The molecule has 1 fully saturated rings. The largest absolute Gasteiger partial charge is 0.481 e. The standard InChI is InChI=1S/C11H17N3O3S/c1-9-4-3-7-14(9)18(15,16)13-10-5-6-11(17-2)12-8-10/h5-6,8-9,13H,3-4,7H2,1-2H3. The van der Waals surface area contributed by atoms with Gasteiger partial charge in [0.25, 0.3) is 0 Å². The first-order valence-electron chi connectivity index (χ1n) is 5.82. The predicted octanol–water partition coefficient (Wildman–Crippen LogP) is 1.23. The van der Waals surface area contributed by atoms with Crippen molar-refractivity contribution < 1.29 is 13.2 Å². The van der Waals surface area contributed by atoms with Crippen molar-refractivity contribution in [1.82, 2.24) is 9.29 Å². The second-order valence-corrected chi connectivity index (χ2v) is 5.92. The van der Waals surface area contributed by atoms with E-state index in [4.69, 9.17) is 4.74 Å². The van der Waals surface area contributed by atoms with Crippen molar-refractivity contribution in [1.29, 1.82) is 0 Å². The van der Waals surface area contributed by atoms with Crippen molar-refractivity contribution in [2.45, 2.75) is 25.8 Å². The van der Waals surface area contributed by atoms with Gasteiger partial charge in [-0.25, -0.2) is 4.98 Å². The van der Waals surface area contributed by atoms with Crippen LogP contribution in [-0.2, 0) is 10.2 Å². The second kappa shape index (κ2) is 5.11. The fraction of sp³-hybridized carbons (Fsp3) is 0.545. The molecule has 6 nitrogen and oxygen atoms in total. The molecule has 1 atom stereocenters. The smallest absolute Gasteiger partial charge is 0.301 e. The molecule has 0 saturated carbocycles. The van der Waals surface area contributed by atoms with E-state index in [1.165, 1.54) is 17.6 Å². The maximum absolute atomic E-state index is 12.1. The highest BCUT2D eigenvalue weighted by molar-refractivity contribution is 7.90. The number of rotatable bonds is 4. The number of hydrogen-bond acceptors (Lipinski definition) is 4. The number of ether oxygens (including phenoxy) is 1. The summed E-state index contributed by atoms with van der Waals surface area (Å²) >= 11 is 0. The first-order chi connectivity index (χ1) is 8.53. The minimum absolute atomic E-state index is 0.0497. The molecule has 2 heterocycles. The van der Waals surface area contributed by atoms with Crippen molar-refractivity contribution in [2.24, 2.45) is 0 Å². The van der Waals surface area contributed by atoms with Crippen LogP contribution in [0.1, 0.15) is 19.8 Å². The molecule has 100 valence electrons. The van der Waals surface area contributed by atoms with E-state index in [2.05, 4.69) is 9.71 Å². The molecule has 7 heteroatoms. The average molecular weight is 271 g/mol. The molecule has 1 saturated heterocycles. The lowest BCUT2D eigenvalue weighted by Gasteiger charge is -2.21. The molecule has 1 aliphatic rings. The van der Waals surface area contributed by atoms with Gasteiger partial charge in [-0.2, -0.15) is 12.7 Å². The molecule has 1 unspecified atom stereocenters. The van der Waals surface area contributed by atoms with Crippen molar-refractivity contribution in [3.63, 3.8) is 0 Å². The maximum Gasteiger partial charge on any atom is 0.301 e. The van der Waals surface area contributed by atoms with Crippen LogP contribution in [0.2, 0.25) is 0 Å². The van der Waals surface area contributed by atoms with Crippen LogP contribution in [0.5, 0.6) is 5.88 Å². The number of nitrogens with one attached hydrogen (secondary N) is 1. The van der Waals surface area contributed by atoms with E-state index in [0.717, 1.165) is 12.8 Å². The molecule has 1 aliphatic heterocycles. The third-order valence-corrected chi connectivity index (χ3v) is 4.65. The first-order valence-corrected chi connectivity index (χ1v) is 7.26. The summed E-state index contributed by atoms with van der Waals surface area (Å²) < 4.78 is 33.2. The lowest BCUT2D eigenvalue weighted by Crippen LogP contribution is -2.37. The summed E-state index contributed by atoms with van der Waals surface area (Å²) in [6, 6.07) is 3.30. The first kappa shape index (κ1) is 13.1. The van der Waals surface area contributed by atoms with Gasteiger partial charge in [-0.15, -0.1) is 0 Å². The summed E-state index contributed by atoms with van der Waals surface area (Å²) in [7, 11) is -1.97. The summed E-state index contributed by atoms with van der Waals surface area (Å²) in [5.74, 6) is 0.451. The number of nitrogens with zero attached hydrogens (tertiary/aromatic N) is 2. The Hall–Kier alpha value is -1.34. The lowest BCUT2D eigenvalue weighted by molar-refractivity contribution is 0.398. The summed E-state index contributed by atoms with van der Waals surface area (Å²) in [6.07, 6.45) is 3.25. The van der Waals surface area contributed by atoms with Gasteiger partial charge in [-0.3, -0.25) is 4.72 Å². The van der Waals surface area contributed by atoms with Crippen LogP contribution in [0.15, 0.2) is 18.3 Å². The molecule has 18 heavy (non-hydrogen) atoms. The number of methoxy groups -OCH3 is 1. The van der Waals surface area contributed by atoms with Gasteiger partial charge in [-0.05, 0) is 25.8 Å². The molecule has 0 radical (unpaired) electrons. The van der Waals surface area contributed by atoms with Gasteiger partial charge >= 0.3 is 10.2 Å². The fourth-order valence-electron chi connectivity index (χ4n) is 2.03. The number of aromatic nitrogens is 1.